The maximum atomic E-state index is 12.5. The lowest BCUT2D eigenvalue weighted by atomic mass is 10.1. The average Bonchev–Trinajstić information content (AvgIpc) is 3.27. The van der Waals surface area contributed by atoms with Gasteiger partial charge in [0, 0.05) is 44.5 Å². The highest BCUT2D eigenvalue weighted by Gasteiger charge is 2.20. The summed E-state index contributed by atoms with van der Waals surface area (Å²) in [7, 11) is 1.84. The van der Waals surface area contributed by atoms with E-state index in [0.29, 0.717) is 25.5 Å². The zero-order chi connectivity index (χ0) is 18.4. The Morgan fingerprint density at radius 2 is 2.31 bits per heavy atom. The zero-order valence-corrected chi connectivity index (χ0v) is 16.1. The molecule has 26 heavy (non-hydrogen) atoms. The van der Waals surface area contributed by atoms with Crippen LogP contribution in [0.15, 0.2) is 22.8 Å². The van der Waals surface area contributed by atoms with Gasteiger partial charge in [0.2, 0.25) is 5.91 Å². The number of rotatable bonds is 6. The van der Waals surface area contributed by atoms with Gasteiger partial charge in [-0.2, -0.15) is 5.10 Å². The lowest BCUT2D eigenvalue weighted by molar-refractivity contribution is -0.131. The molecular weight excluding hydrogens is 350 g/mol. The molecular formula is C17H25N7OS. The molecule has 3 heterocycles. The van der Waals surface area contributed by atoms with Crippen molar-refractivity contribution in [1.82, 2.24) is 30.3 Å². The average molecular weight is 376 g/mol. The topological polar surface area (TPSA) is 87.4 Å². The Hall–Kier alpha value is -2.42. The van der Waals surface area contributed by atoms with E-state index in [1.807, 2.05) is 18.9 Å². The van der Waals surface area contributed by atoms with Crippen molar-refractivity contribution in [3.8, 4) is 0 Å². The number of hydrogen-bond acceptors (Lipinski definition) is 5. The van der Waals surface area contributed by atoms with Crippen molar-refractivity contribution in [1.29, 1.82) is 0 Å². The molecule has 0 atom stereocenters. The van der Waals surface area contributed by atoms with Gasteiger partial charge in [-0.15, -0.1) is 11.3 Å². The highest BCUT2D eigenvalue weighted by Crippen LogP contribution is 2.24. The number of guanidine groups is 1. The van der Waals surface area contributed by atoms with E-state index in [-0.39, 0.29) is 5.91 Å². The van der Waals surface area contributed by atoms with Crippen LogP contribution >= 0.6 is 11.3 Å². The summed E-state index contributed by atoms with van der Waals surface area (Å²) in [6, 6.07) is 2.13. The van der Waals surface area contributed by atoms with Gasteiger partial charge in [0.1, 0.15) is 18.7 Å². The van der Waals surface area contributed by atoms with Crippen LogP contribution in [0.5, 0.6) is 0 Å². The van der Waals surface area contributed by atoms with Gasteiger partial charge >= 0.3 is 0 Å². The molecule has 0 aliphatic carbocycles. The number of nitrogens with zero attached hydrogens (tertiary/aromatic N) is 5. The molecule has 0 spiro atoms. The number of thiophene rings is 1. The molecule has 0 fully saturated rings. The van der Waals surface area contributed by atoms with Crippen LogP contribution in [0.4, 0.5) is 0 Å². The Morgan fingerprint density at radius 1 is 1.42 bits per heavy atom. The number of nitrogens with one attached hydrogen (secondary N) is 2. The summed E-state index contributed by atoms with van der Waals surface area (Å²) in [6.45, 7) is 5.30. The first-order chi connectivity index (χ1) is 12.7. The van der Waals surface area contributed by atoms with Crippen molar-refractivity contribution in [2.75, 3.05) is 19.6 Å². The van der Waals surface area contributed by atoms with Gasteiger partial charge in [0.25, 0.3) is 0 Å². The summed E-state index contributed by atoms with van der Waals surface area (Å²) in [5.41, 5.74) is 1.29. The molecule has 8 nitrogen and oxygen atoms in total. The Bertz CT molecular complexity index is 767. The maximum Gasteiger partial charge on any atom is 0.224 e. The van der Waals surface area contributed by atoms with Gasteiger partial charge in [0.05, 0.1) is 0 Å². The fraction of sp³-hybridized carbons (Fsp3) is 0.529. The molecule has 1 aliphatic heterocycles. The van der Waals surface area contributed by atoms with Gasteiger partial charge < -0.3 is 15.5 Å². The normalized spacial score (nSPS) is 14.2. The van der Waals surface area contributed by atoms with E-state index in [1.165, 1.54) is 16.8 Å². The minimum atomic E-state index is 0.179. The van der Waals surface area contributed by atoms with E-state index in [0.717, 1.165) is 31.9 Å². The quantitative estimate of drug-likeness (QED) is 0.579. The number of aromatic nitrogens is 3. The number of fused-ring (bicyclic) bond motifs is 1. The molecule has 1 aliphatic rings. The summed E-state index contributed by atoms with van der Waals surface area (Å²) >= 11 is 1.79. The van der Waals surface area contributed by atoms with Crippen LogP contribution in [0.1, 0.15) is 29.6 Å². The fourth-order valence-corrected chi connectivity index (χ4v) is 3.75. The van der Waals surface area contributed by atoms with Crippen LogP contribution in [0.2, 0.25) is 0 Å². The van der Waals surface area contributed by atoms with Gasteiger partial charge in [-0.1, -0.05) is 0 Å². The number of aryl methyl sites for hydroxylation is 1. The van der Waals surface area contributed by atoms with Crippen molar-refractivity contribution in [3.05, 3.63) is 34.0 Å². The third-order valence-corrected chi connectivity index (χ3v) is 5.34. The number of aliphatic imine (C=N–C) groups is 1. The molecule has 0 unspecified atom stereocenters. The SMILES string of the molecule is CCNC(=NCc1ncnn1C)NCCC(=O)N1CCc2sccc2C1. The van der Waals surface area contributed by atoms with Crippen LogP contribution < -0.4 is 10.6 Å². The lowest BCUT2D eigenvalue weighted by Crippen LogP contribution is -2.41. The summed E-state index contributed by atoms with van der Waals surface area (Å²) < 4.78 is 1.70. The van der Waals surface area contributed by atoms with Crippen LogP contribution in [0.25, 0.3) is 0 Å². The molecule has 1 amide bonds. The molecule has 3 rings (SSSR count). The minimum absolute atomic E-state index is 0.179. The predicted octanol–water partition coefficient (Wildman–Crippen LogP) is 0.907. The summed E-state index contributed by atoms with van der Waals surface area (Å²) in [4.78, 5) is 24.5. The monoisotopic (exact) mass is 375 g/mol. The van der Waals surface area contributed by atoms with E-state index < -0.39 is 0 Å². The molecule has 0 bridgehead atoms. The van der Waals surface area contributed by atoms with E-state index in [4.69, 9.17) is 0 Å². The third kappa shape index (κ3) is 4.60. The number of carbonyl (C=O) groups excluding carboxylic acids is 1. The molecule has 0 radical (unpaired) electrons. The van der Waals surface area contributed by atoms with Crippen molar-refractivity contribution in [3.63, 3.8) is 0 Å². The molecule has 140 valence electrons. The first-order valence-electron chi connectivity index (χ1n) is 8.85. The highest BCUT2D eigenvalue weighted by atomic mass is 32.1. The second-order valence-electron chi connectivity index (χ2n) is 6.11. The first-order valence-corrected chi connectivity index (χ1v) is 9.73. The Morgan fingerprint density at radius 3 is 3.08 bits per heavy atom. The molecule has 0 saturated heterocycles. The second-order valence-corrected chi connectivity index (χ2v) is 7.11. The molecule has 2 aromatic rings. The number of amides is 1. The number of hydrogen-bond donors (Lipinski definition) is 2. The lowest BCUT2D eigenvalue weighted by Gasteiger charge is -2.27. The third-order valence-electron chi connectivity index (χ3n) is 4.32. The zero-order valence-electron chi connectivity index (χ0n) is 15.2. The summed E-state index contributed by atoms with van der Waals surface area (Å²) in [6.07, 6.45) is 2.93. The van der Waals surface area contributed by atoms with Crippen molar-refractivity contribution in [2.45, 2.75) is 32.9 Å². The van der Waals surface area contributed by atoms with Crippen LogP contribution in [-0.4, -0.2) is 51.2 Å². The highest BCUT2D eigenvalue weighted by molar-refractivity contribution is 7.10. The van der Waals surface area contributed by atoms with E-state index >= 15 is 0 Å². The Balaban J connectivity index is 1.47. The first kappa shape index (κ1) is 18.4. The van der Waals surface area contributed by atoms with Gasteiger partial charge in [0.15, 0.2) is 5.96 Å². The van der Waals surface area contributed by atoms with Crippen molar-refractivity contribution in [2.24, 2.45) is 12.0 Å². The Labute approximate surface area is 157 Å². The Kier molecular flexibility index (Phi) is 6.21. The smallest absolute Gasteiger partial charge is 0.224 e. The maximum absolute atomic E-state index is 12.5. The van der Waals surface area contributed by atoms with E-state index in [9.17, 15) is 4.79 Å². The minimum Gasteiger partial charge on any atom is -0.357 e. The van der Waals surface area contributed by atoms with Crippen molar-refractivity contribution >= 4 is 23.2 Å². The van der Waals surface area contributed by atoms with E-state index in [2.05, 4.69) is 37.2 Å². The van der Waals surface area contributed by atoms with Crippen LogP contribution in [0.3, 0.4) is 0 Å². The molecule has 0 aromatic carbocycles. The number of carbonyl (C=O) groups is 1. The summed E-state index contributed by atoms with van der Waals surface area (Å²) in [5, 5.41) is 12.6. The van der Waals surface area contributed by atoms with Gasteiger partial charge in [-0.25, -0.2) is 9.98 Å². The molecule has 0 saturated carbocycles. The van der Waals surface area contributed by atoms with Crippen molar-refractivity contribution < 1.29 is 4.79 Å². The predicted molar refractivity (Wildman–Crippen MR) is 102 cm³/mol. The van der Waals surface area contributed by atoms with Gasteiger partial charge in [-0.3, -0.25) is 9.48 Å². The fourth-order valence-electron chi connectivity index (χ4n) is 2.86. The molecule has 9 heteroatoms. The molecule has 2 aromatic heterocycles. The van der Waals surface area contributed by atoms with Crippen LogP contribution in [0, 0.1) is 0 Å². The van der Waals surface area contributed by atoms with E-state index in [1.54, 1.807) is 16.0 Å². The largest absolute Gasteiger partial charge is 0.357 e. The standard InChI is InChI=1S/C17H25N7OS/c1-3-18-17(20-10-15-21-12-22-23(15)2)19-7-4-16(25)24-8-5-14-13(11-24)6-9-26-14/h6,9,12H,3-5,7-8,10-11H2,1-2H3,(H2,18,19,20). The second kappa shape index (κ2) is 8.79. The summed E-state index contributed by atoms with van der Waals surface area (Å²) in [5.74, 6) is 1.65. The molecule has 2 N–H and O–H groups in total. The van der Waals surface area contributed by atoms with Crippen LogP contribution in [-0.2, 0) is 31.4 Å². The van der Waals surface area contributed by atoms with Gasteiger partial charge in [-0.05, 0) is 30.4 Å².